The highest BCUT2D eigenvalue weighted by Crippen LogP contribution is 2.38. The van der Waals surface area contributed by atoms with Crippen molar-refractivity contribution in [1.29, 1.82) is 0 Å². The number of hydrogen-bond donors (Lipinski definition) is 1. The van der Waals surface area contributed by atoms with E-state index in [4.69, 9.17) is 0 Å². The quantitative estimate of drug-likeness (QED) is 0.910. The van der Waals surface area contributed by atoms with Gasteiger partial charge < -0.3 is 5.32 Å². The summed E-state index contributed by atoms with van der Waals surface area (Å²) in [6.07, 6.45) is 5.75. The van der Waals surface area contributed by atoms with Crippen molar-refractivity contribution in [3.05, 3.63) is 70.8 Å². The Morgan fingerprint density at radius 2 is 1.50 bits per heavy atom. The van der Waals surface area contributed by atoms with Crippen molar-refractivity contribution in [2.24, 2.45) is 0 Å². The van der Waals surface area contributed by atoms with Crippen LogP contribution in [0.25, 0.3) is 12.2 Å². The van der Waals surface area contributed by atoms with E-state index >= 15 is 0 Å². The van der Waals surface area contributed by atoms with Gasteiger partial charge >= 0.3 is 0 Å². The van der Waals surface area contributed by atoms with E-state index in [9.17, 15) is 0 Å². The molecular weight excluding hydrogens is 268 g/mol. The third-order valence-corrected chi connectivity index (χ3v) is 5.02. The maximum Gasteiger partial charge on any atom is 0.0614 e. The maximum atomic E-state index is 3.44. The first-order valence-electron chi connectivity index (χ1n) is 8.14. The van der Waals surface area contributed by atoms with Crippen LogP contribution in [0, 0.1) is 0 Å². The molecule has 1 aliphatic heterocycles. The van der Waals surface area contributed by atoms with Crippen molar-refractivity contribution in [1.82, 2.24) is 10.2 Å². The van der Waals surface area contributed by atoms with Crippen LogP contribution in [0.3, 0.4) is 0 Å². The molecule has 1 unspecified atom stereocenters. The summed E-state index contributed by atoms with van der Waals surface area (Å²) in [6.45, 7) is 2.27. The second-order valence-corrected chi connectivity index (χ2v) is 6.26. The summed E-state index contributed by atoms with van der Waals surface area (Å²) < 4.78 is 0. The molecule has 1 heterocycles. The zero-order chi connectivity index (χ0) is 14.9. The van der Waals surface area contributed by atoms with Crippen LogP contribution in [0.1, 0.15) is 34.7 Å². The minimum absolute atomic E-state index is 0.362. The van der Waals surface area contributed by atoms with Crippen LogP contribution in [0.4, 0.5) is 0 Å². The molecule has 0 spiro atoms. The topological polar surface area (TPSA) is 15.3 Å². The van der Waals surface area contributed by atoms with Crippen molar-refractivity contribution in [2.75, 3.05) is 20.1 Å². The molecule has 1 atom stereocenters. The first-order valence-corrected chi connectivity index (χ1v) is 8.14. The molecule has 0 bridgehead atoms. The smallest absolute Gasteiger partial charge is 0.0614 e. The van der Waals surface area contributed by atoms with E-state index in [-0.39, 0.29) is 0 Å². The Bertz CT molecular complexity index is 655. The van der Waals surface area contributed by atoms with Crippen LogP contribution in [0.2, 0.25) is 0 Å². The Balaban J connectivity index is 1.84. The van der Waals surface area contributed by atoms with Crippen LogP contribution >= 0.6 is 0 Å². The predicted octanol–water partition coefficient (Wildman–Crippen LogP) is 3.55. The SMILES string of the molecule is CNC1CCN(C2c3ccccc3C=Cc3ccccc32)C1. The van der Waals surface area contributed by atoms with E-state index < -0.39 is 0 Å². The molecule has 0 amide bonds. The molecule has 1 N–H and O–H groups in total. The number of rotatable bonds is 2. The first kappa shape index (κ1) is 13.7. The summed E-state index contributed by atoms with van der Waals surface area (Å²) in [4.78, 5) is 2.63. The fraction of sp³-hybridized carbons (Fsp3) is 0.300. The minimum atomic E-state index is 0.362. The van der Waals surface area contributed by atoms with E-state index in [0.29, 0.717) is 12.1 Å². The van der Waals surface area contributed by atoms with Gasteiger partial charge in [-0.1, -0.05) is 60.7 Å². The standard InChI is InChI=1S/C20H22N2/c1-21-17-12-13-22(14-17)20-18-8-4-2-6-15(18)10-11-16-7-3-5-9-19(16)20/h2-11,17,20-21H,12-14H2,1H3. The highest BCUT2D eigenvalue weighted by Gasteiger charge is 2.32. The van der Waals surface area contributed by atoms with Gasteiger partial charge in [-0.3, -0.25) is 4.90 Å². The number of likely N-dealkylation sites (tertiary alicyclic amines) is 1. The third-order valence-electron chi connectivity index (χ3n) is 5.02. The van der Waals surface area contributed by atoms with Gasteiger partial charge in [0.15, 0.2) is 0 Å². The van der Waals surface area contributed by atoms with Crippen molar-refractivity contribution in [2.45, 2.75) is 18.5 Å². The van der Waals surface area contributed by atoms with Crippen LogP contribution in [-0.2, 0) is 0 Å². The van der Waals surface area contributed by atoms with Crippen LogP contribution in [0.15, 0.2) is 48.5 Å². The lowest BCUT2D eigenvalue weighted by Crippen LogP contribution is -2.33. The summed E-state index contributed by atoms with van der Waals surface area (Å²) in [5.74, 6) is 0. The lowest BCUT2D eigenvalue weighted by Gasteiger charge is -2.30. The summed E-state index contributed by atoms with van der Waals surface area (Å²) >= 11 is 0. The van der Waals surface area contributed by atoms with Crippen molar-refractivity contribution in [3.63, 3.8) is 0 Å². The normalized spacial score (nSPS) is 21.4. The molecule has 2 aromatic carbocycles. The Morgan fingerprint density at radius 3 is 2.05 bits per heavy atom. The average Bonchev–Trinajstić information content (AvgIpc) is 2.97. The van der Waals surface area contributed by atoms with Crippen LogP contribution in [0.5, 0.6) is 0 Å². The Morgan fingerprint density at radius 1 is 0.909 bits per heavy atom. The number of likely N-dealkylation sites (N-methyl/N-ethyl adjacent to an activating group) is 1. The Labute approximate surface area is 132 Å². The zero-order valence-corrected chi connectivity index (χ0v) is 13.0. The van der Waals surface area contributed by atoms with E-state index in [1.54, 1.807) is 0 Å². The Kier molecular flexibility index (Phi) is 3.57. The molecule has 112 valence electrons. The van der Waals surface area contributed by atoms with Gasteiger partial charge in [-0.2, -0.15) is 0 Å². The van der Waals surface area contributed by atoms with E-state index in [2.05, 4.69) is 77.9 Å². The highest BCUT2D eigenvalue weighted by molar-refractivity contribution is 5.76. The Hall–Kier alpha value is -1.90. The largest absolute Gasteiger partial charge is 0.316 e. The van der Waals surface area contributed by atoms with Gasteiger partial charge in [-0.15, -0.1) is 0 Å². The molecule has 2 heteroatoms. The van der Waals surface area contributed by atoms with Gasteiger partial charge in [0.05, 0.1) is 6.04 Å². The molecule has 4 rings (SSSR count). The second kappa shape index (κ2) is 5.71. The number of fused-ring (bicyclic) bond motifs is 2. The lowest BCUT2D eigenvalue weighted by molar-refractivity contribution is 0.274. The van der Waals surface area contributed by atoms with Gasteiger partial charge in [0.2, 0.25) is 0 Å². The third kappa shape index (κ3) is 2.29. The maximum absolute atomic E-state index is 3.44. The van der Waals surface area contributed by atoms with Crippen LogP contribution < -0.4 is 5.32 Å². The van der Waals surface area contributed by atoms with Crippen LogP contribution in [-0.4, -0.2) is 31.1 Å². The molecule has 0 aromatic heterocycles. The molecule has 2 nitrogen and oxygen atoms in total. The fourth-order valence-corrected chi connectivity index (χ4v) is 3.82. The highest BCUT2D eigenvalue weighted by atomic mass is 15.2. The number of nitrogens with one attached hydrogen (secondary N) is 1. The second-order valence-electron chi connectivity index (χ2n) is 6.26. The van der Waals surface area contributed by atoms with Gasteiger partial charge in [0.1, 0.15) is 0 Å². The fourth-order valence-electron chi connectivity index (χ4n) is 3.82. The van der Waals surface area contributed by atoms with Crippen molar-refractivity contribution >= 4 is 12.2 Å². The first-order chi connectivity index (χ1) is 10.9. The number of hydrogen-bond acceptors (Lipinski definition) is 2. The molecule has 2 aromatic rings. The molecule has 2 aliphatic rings. The molecule has 0 radical (unpaired) electrons. The van der Waals surface area contributed by atoms with Crippen molar-refractivity contribution < 1.29 is 0 Å². The predicted molar refractivity (Wildman–Crippen MR) is 92.7 cm³/mol. The van der Waals surface area contributed by atoms with E-state index in [1.807, 2.05) is 0 Å². The van der Waals surface area contributed by atoms with Gasteiger partial charge in [0.25, 0.3) is 0 Å². The average molecular weight is 290 g/mol. The van der Waals surface area contributed by atoms with Gasteiger partial charge in [-0.05, 0) is 35.7 Å². The summed E-state index contributed by atoms with van der Waals surface area (Å²) in [5, 5.41) is 3.44. The molecule has 22 heavy (non-hydrogen) atoms. The van der Waals surface area contributed by atoms with E-state index in [0.717, 1.165) is 13.1 Å². The monoisotopic (exact) mass is 290 g/mol. The number of nitrogens with zero attached hydrogens (tertiary/aromatic N) is 1. The zero-order valence-electron chi connectivity index (χ0n) is 13.0. The summed E-state index contributed by atoms with van der Waals surface area (Å²) in [7, 11) is 2.07. The summed E-state index contributed by atoms with van der Waals surface area (Å²) in [5.41, 5.74) is 5.55. The summed E-state index contributed by atoms with van der Waals surface area (Å²) in [6, 6.07) is 18.6. The van der Waals surface area contributed by atoms with Gasteiger partial charge in [0, 0.05) is 19.1 Å². The molecular formula is C20H22N2. The molecule has 0 saturated carbocycles. The lowest BCUT2D eigenvalue weighted by atomic mass is 9.93. The minimum Gasteiger partial charge on any atom is -0.316 e. The molecule has 1 fully saturated rings. The van der Waals surface area contributed by atoms with Crippen molar-refractivity contribution in [3.8, 4) is 0 Å². The number of benzene rings is 2. The van der Waals surface area contributed by atoms with E-state index in [1.165, 1.54) is 28.7 Å². The van der Waals surface area contributed by atoms with Gasteiger partial charge in [-0.25, -0.2) is 0 Å². The molecule has 1 saturated heterocycles. The molecule has 1 aliphatic carbocycles.